The first-order chi connectivity index (χ1) is 12.9. The number of carbonyl (C=O) groups excluding carboxylic acids is 1. The third kappa shape index (κ3) is 4.92. The van der Waals surface area contributed by atoms with Crippen LogP contribution >= 0.6 is 11.6 Å². The van der Waals surface area contributed by atoms with Crippen LogP contribution in [-0.2, 0) is 11.2 Å². The molecule has 5 nitrogen and oxygen atoms in total. The number of carbonyl (C=O) groups is 1. The molecule has 7 heteroatoms. The maximum atomic E-state index is 13.0. The summed E-state index contributed by atoms with van der Waals surface area (Å²) in [6.45, 7) is 3.91. The molecule has 140 valence electrons. The molecule has 0 spiro atoms. The van der Waals surface area contributed by atoms with Gasteiger partial charge in [0.1, 0.15) is 11.9 Å². The van der Waals surface area contributed by atoms with Crippen molar-refractivity contribution in [1.29, 1.82) is 0 Å². The molecule has 1 N–H and O–H groups in total. The van der Waals surface area contributed by atoms with Crippen molar-refractivity contribution in [2.75, 3.05) is 0 Å². The number of aromatic nitrogens is 2. The molecule has 1 amide bonds. The van der Waals surface area contributed by atoms with Gasteiger partial charge in [-0.25, -0.2) is 4.39 Å². The number of benzene rings is 2. The van der Waals surface area contributed by atoms with Gasteiger partial charge in [-0.15, -0.1) is 0 Å². The fourth-order valence-corrected chi connectivity index (χ4v) is 2.73. The Labute approximate surface area is 161 Å². The summed E-state index contributed by atoms with van der Waals surface area (Å²) in [4.78, 5) is 16.8. The Hall–Kier alpha value is -2.73. The summed E-state index contributed by atoms with van der Waals surface area (Å²) in [6.07, 6.45) is 0.141. The van der Waals surface area contributed by atoms with E-state index in [1.165, 1.54) is 12.1 Å². The predicted molar refractivity (Wildman–Crippen MR) is 101 cm³/mol. The van der Waals surface area contributed by atoms with Crippen LogP contribution in [0.4, 0.5) is 4.39 Å². The number of amides is 1. The SMILES string of the molecule is CC(C)[C@H](NC(=O)Cc1ccc(F)cc1)c1nc(-c2ccc(Cl)cc2)no1. The van der Waals surface area contributed by atoms with E-state index in [0.29, 0.717) is 16.7 Å². The van der Waals surface area contributed by atoms with Crippen LogP contribution in [-0.4, -0.2) is 16.0 Å². The van der Waals surface area contributed by atoms with Gasteiger partial charge in [-0.1, -0.05) is 42.7 Å². The topological polar surface area (TPSA) is 68.0 Å². The van der Waals surface area contributed by atoms with Crippen LogP contribution in [0.2, 0.25) is 5.02 Å². The molecular weight excluding hydrogens is 369 g/mol. The molecule has 0 unspecified atom stereocenters. The number of nitrogens with zero attached hydrogens (tertiary/aromatic N) is 2. The highest BCUT2D eigenvalue weighted by Gasteiger charge is 2.25. The number of hydrogen-bond donors (Lipinski definition) is 1. The molecule has 1 atom stereocenters. The molecule has 0 aliphatic carbocycles. The molecule has 0 saturated carbocycles. The number of nitrogens with one attached hydrogen (secondary N) is 1. The van der Waals surface area contributed by atoms with E-state index in [9.17, 15) is 9.18 Å². The van der Waals surface area contributed by atoms with Gasteiger partial charge in [-0.05, 0) is 47.9 Å². The zero-order chi connectivity index (χ0) is 19.4. The van der Waals surface area contributed by atoms with E-state index in [1.807, 2.05) is 13.8 Å². The second-order valence-corrected chi connectivity index (χ2v) is 6.99. The Morgan fingerprint density at radius 3 is 2.44 bits per heavy atom. The van der Waals surface area contributed by atoms with E-state index in [4.69, 9.17) is 16.1 Å². The van der Waals surface area contributed by atoms with Gasteiger partial charge in [0.25, 0.3) is 0 Å². The van der Waals surface area contributed by atoms with Crippen molar-refractivity contribution < 1.29 is 13.7 Å². The first kappa shape index (κ1) is 19.0. The van der Waals surface area contributed by atoms with Crippen LogP contribution in [0.5, 0.6) is 0 Å². The minimum absolute atomic E-state index is 0.0423. The maximum absolute atomic E-state index is 13.0. The first-order valence-electron chi connectivity index (χ1n) is 8.55. The van der Waals surface area contributed by atoms with Crippen molar-refractivity contribution in [2.24, 2.45) is 5.92 Å². The van der Waals surface area contributed by atoms with Gasteiger partial charge in [-0.2, -0.15) is 4.98 Å². The van der Waals surface area contributed by atoms with Gasteiger partial charge in [0.2, 0.25) is 17.6 Å². The van der Waals surface area contributed by atoms with E-state index in [1.54, 1.807) is 36.4 Å². The summed E-state index contributed by atoms with van der Waals surface area (Å²) in [5.41, 5.74) is 1.50. The number of halogens is 2. The van der Waals surface area contributed by atoms with Crippen molar-refractivity contribution in [3.05, 3.63) is 70.8 Å². The van der Waals surface area contributed by atoms with Crippen LogP contribution < -0.4 is 5.32 Å². The molecule has 1 heterocycles. The van der Waals surface area contributed by atoms with Gasteiger partial charge in [0.15, 0.2) is 0 Å². The highest BCUT2D eigenvalue weighted by Crippen LogP contribution is 2.24. The molecule has 3 rings (SSSR count). The van der Waals surface area contributed by atoms with Gasteiger partial charge in [-0.3, -0.25) is 4.79 Å². The normalized spacial score (nSPS) is 12.2. The lowest BCUT2D eigenvalue weighted by atomic mass is 10.0. The van der Waals surface area contributed by atoms with E-state index >= 15 is 0 Å². The molecule has 0 aliphatic heterocycles. The zero-order valence-corrected chi connectivity index (χ0v) is 15.7. The Kier molecular flexibility index (Phi) is 5.86. The molecule has 0 bridgehead atoms. The molecular formula is C20H19ClFN3O2. The van der Waals surface area contributed by atoms with Crippen LogP contribution in [0.25, 0.3) is 11.4 Å². The van der Waals surface area contributed by atoms with Crippen molar-refractivity contribution in [3.63, 3.8) is 0 Å². The van der Waals surface area contributed by atoms with Crippen LogP contribution in [0.15, 0.2) is 53.1 Å². The Morgan fingerprint density at radius 2 is 1.81 bits per heavy atom. The smallest absolute Gasteiger partial charge is 0.249 e. The highest BCUT2D eigenvalue weighted by atomic mass is 35.5. The van der Waals surface area contributed by atoms with Gasteiger partial charge in [0.05, 0.1) is 6.42 Å². The third-order valence-electron chi connectivity index (χ3n) is 4.07. The van der Waals surface area contributed by atoms with Gasteiger partial charge in [0, 0.05) is 10.6 Å². The molecule has 27 heavy (non-hydrogen) atoms. The second kappa shape index (κ2) is 8.31. The van der Waals surface area contributed by atoms with E-state index in [2.05, 4.69) is 15.5 Å². The standard InChI is InChI=1S/C20H19ClFN3O2/c1-12(2)18(23-17(26)11-13-3-9-16(22)10-4-13)20-24-19(25-27-20)14-5-7-15(21)8-6-14/h3-10,12,18H,11H2,1-2H3,(H,23,26)/t18-/m0/s1. The van der Waals surface area contributed by atoms with E-state index in [0.717, 1.165) is 11.1 Å². The summed E-state index contributed by atoms with van der Waals surface area (Å²) in [6, 6.07) is 12.5. The average molecular weight is 388 g/mol. The highest BCUT2D eigenvalue weighted by molar-refractivity contribution is 6.30. The van der Waals surface area contributed by atoms with Crippen molar-refractivity contribution in [3.8, 4) is 11.4 Å². The van der Waals surface area contributed by atoms with E-state index < -0.39 is 6.04 Å². The lowest BCUT2D eigenvalue weighted by molar-refractivity contribution is -0.121. The molecule has 1 aromatic heterocycles. The quantitative estimate of drug-likeness (QED) is 0.672. The lowest BCUT2D eigenvalue weighted by Crippen LogP contribution is -2.33. The number of rotatable bonds is 6. The average Bonchev–Trinajstić information content (AvgIpc) is 3.12. The molecule has 0 radical (unpaired) electrons. The largest absolute Gasteiger partial charge is 0.344 e. The summed E-state index contributed by atoms with van der Waals surface area (Å²) in [5.74, 6) is 0.273. The molecule has 0 fully saturated rings. The number of hydrogen-bond acceptors (Lipinski definition) is 4. The van der Waals surface area contributed by atoms with E-state index in [-0.39, 0.29) is 24.1 Å². The first-order valence-corrected chi connectivity index (χ1v) is 8.93. The van der Waals surface area contributed by atoms with Crippen LogP contribution in [0.1, 0.15) is 31.3 Å². The Bertz CT molecular complexity index is 908. The zero-order valence-electron chi connectivity index (χ0n) is 14.9. The minimum atomic E-state index is -0.425. The maximum Gasteiger partial charge on any atom is 0.249 e. The Morgan fingerprint density at radius 1 is 1.15 bits per heavy atom. The fourth-order valence-electron chi connectivity index (χ4n) is 2.60. The summed E-state index contributed by atoms with van der Waals surface area (Å²) in [5, 5.41) is 7.54. The monoisotopic (exact) mass is 387 g/mol. The van der Waals surface area contributed by atoms with Crippen LogP contribution in [0.3, 0.4) is 0 Å². The van der Waals surface area contributed by atoms with Crippen molar-refractivity contribution >= 4 is 17.5 Å². The predicted octanol–water partition coefficient (Wildman–Crippen LogP) is 4.59. The van der Waals surface area contributed by atoms with Gasteiger partial charge < -0.3 is 9.84 Å². The van der Waals surface area contributed by atoms with Crippen LogP contribution in [0, 0.1) is 11.7 Å². The molecule has 0 saturated heterocycles. The summed E-state index contributed by atoms with van der Waals surface area (Å²) >= 11 is 5.90. The minimum Gasteiger partial charge on any atom is -0.344 e. The summed E-state index contributed by atoms with van der Waals surface area (Å²) < 4.78 is 18.4. The Balaban J connectivity index is 1.72. The molecule has 3 aromatic rings. The fraction of sp³-hybridized carbons (Fsp3) is 0.250. The van der Waals surface area contributed by atoms with Crippen molar-refractivity contribution in [1.82, 2.24) is 15.5 Å². The second-order valence-electron chi connectivity index (χ2n) is 6.56. The lowest BCUT2D eigenvalue weighted by Gasteiger charge is -2.18. The molecule has 0 aliphatic rings. The molecule has 2 aromatic carbocycles. The van der Waals surface area contributed by atoms with Crippen molar-refractivity contribution in [2.45, 2.75) is 26.3 Å². The summed E-state index contributed by atoms with van der Waals surface area (Å²) in [7, 11) is 0. The van der Waals surface area contributed by atoms with Gasteiger partial charge >= 0.3 is 0 Å². The third-order valence-corrected chi connectivity index (χ3v) is 4.32.